The second kappa shape index (κ2) is 4.45. The summed E-state index contributed by atoms with van der Waals surface area (Å²) in [4.78, 5) is 0. The van der Waals surface area contributed by atoms with E-state index in [9.17, 15) is 0 Å². The molecule has 0 spiro atoms. The number of fused-ring (bicyclic) bond motifs is 5. The van der Waals surface area contributed by atoms with Gasteiger partial charge in [0.15, 0.2) is 0 Å². The molecule has 0 aromatic rings. The quantitative estimate of drug-likeness (QED) is 0.822. The summed E-state index contributed by atoms with van der Waals surface area (Å²) in [5.74, 6) is 4.35. The molecule has 98 valence electrons. The minimum absolute atomic E-state index is 0.400. The fourth-order valence-corrected chi connectivity index (χ4v) is 4.98. The van der Waals surface area contributed by atoms with Gasteiger partial charge in [0.1, 0.15) is 0 Å². The molecule has 0 radical (unpaired) electrons. The number of hydrogen-bond acceptors (Lipinski definition) is 2. The van der Waals surface area contributed by atoms with Crippen LogP contribution in [0.3, 0.4) is 0 Å². The Kier molecular flexibility index (Phi) is 3.23. The average Bonchev–Trinajstić information content (AvgIpc) is 2.98. The number of thioether (sulfide) groups is 1. The van der Waals surface area contributed by atoms with Crippen LogP contribution in [0.2, 0.25) is 0 Å². The van der Waals surface area contributed by atoms with Crippen molar-refractivity contribution in [1.82, 2.24) is 5.32 Å². The van der Waals surface area contributed by atoms with Crippen molar-refractivity contribution >= 4 is 11.8 Å². The molecule has 0 aromatic heterocycles. The summed E-state index contributed by atoms with van der Waals surface area (Å²) >= 11 is 1.99. The van der Waals surface area contributed by atoms with E-state index in [1.54, 1.807) is 12.8 Å². The summed E-state index contributed by atoms with van der Waals surface area (Å²) in [5.41, 5.74) is 0. The second-order valence-electron chi connectivity index (χ2n) is 7.11. The van der Waals surface area contributed by atoms with E-state index in [1.807, 2.05) is 11.8 Å². The molecule has 5 atom stereocenters. The van der Waals surface area contributed by atoms with Crippen LogP contribution in [0.4, 0.5) is 0 Å². The second-order valence-corrected chi connectivity index (χ2v) is 8.62. The molecule has 3 fully saturated rings. The fourth-order valence-electron chi connectivity index (χ4n) is 4.75. The van der Waals surface area contributed by atoms with Crippen LogP contribution in [-0.4, -0.2) is 23.6 Å². The molecule has 2 heteroatoms. The number of nitrogens with one attached hydrogen (secondary N) is 1. The Morgan fingerprint density at radius 2 is 1.88 bits per heavy atom. The van der Waals surface area contributed by atoms with E-state index >= 15 is 0 Å². The smallest absolute Gasteiger partial charge is 0.0225 e. The van der Waals surface area contributed by atoms with Gasteiger partial charge in [-0.15, -0.1) is 0 Å². The van der Waals surface area contributed by atoms with E-state index in [4.69, 9.17) is 0 Å². The molecule has 0 aromatic carbocycles. The summed E-state index contributed by atoms with van der Waals surface area (Å²) in [6.45, 7) is 5.89. The molecule has 1 nitrogen and oxygen atoms in total. The van der Waals surface area contributed by atoms with E-state index in [2.05, 4.69) is 25.4 Å². The highest BCUT2D eigenvalue weighted by atomic mass is 32.2. The summed E-state index contributed by atoms with van der Waals surface area (Å²) in [5, 5.41) is 3.90. The SMILES string of the molecule is CSC(C)(C)CNC1CC2CC1C1CCCC21. The lowest BCUT2D eigenvalue weighted by Crippen LogP contribution is -2.44. The predicted octanol–water partition coefficient (Wildman–Crippen LogP) is 3.54. The Bertz CT molecular complexity index is 289. The first-order chi connectivity index (χ1) is 8.11. The Balaban J connectivity index is 1.57. The van der Waals surface area contributed by atoms with Gasteiger partial charge in [0.25, 0.3) is 0 Å². The molecule has 0 amide bonds. The maximum atomic E-state index is 3.90. The van der Waals surface area contributed by atoms with E-state index in [-0.39, 0.29) is 0 Å². The van der Waals surface area contributed by atoms with Crippen molar-refractivity contribution in [3.8, 4) is 0 Å². The van der Waals surface area contributed by atoms with Crippen molar-refractivity contribution in [3.63, 3.8) is 0 Å². The lowest BCUT2D eigenvalue weighted by molar-refractivity contribution is 0.207. The van der Waals surface area contributed by atoms with E-state index in [1.165, 1.54) is 25.8 Å². The summed E-state index contributed by atoms with van der Waals surface area (Å²) < 4.78 is 0.400. The largest absolute Gasteiger partial charge is 0.312 e. The van der Waals surface area contributed by atoms with Crippen LogP contribution in [-0.2, 0) is 0 Å². The third-order valence-corrected chi connectivity index (χ3v) is 7.02. The molecule has 17 heavy (non-hydrogen) atoms. The molecule has 3 aliphatic rings. The maximum Gasteiger partial charge on any atom is 0.0225 e. The molecule has 2 bridgehead atoms. The van der Waals surface area contributed by atoms with Gasteiger partial charge < -0.3 is 5.32 Å². The molecular weight excluding hydrogens is 226 g/mol. The summed E-state index contributed by atoms with van der Waals surface area (Å²) in [6.07, 6.45) is 9.87. The van der Waals surface area contributed by atoms with Gasteiger partial charge in [-0.05, 0) is 69.5 Å². The molecule has 0 aliphatic heterocycles. The Labute approximate surface area is 111 Å². The minimum atomic E-state index is 0.400. The van der Waals surface area contributed by atoms with Gasteiger partial charge in [-0.1, -0.05) is 6.42 Å². The van der Waals surface area contributed by atoms with E-state index in [0.29, 0.717) is 4.75 Å². The predicted molar refractivity (Wildman–Crippen MR) is 76.4 cm³/mol. The molecule has 3 saturated carbocycles. The van der Waals surface area contributed by atoms with Gasteiger partial charge in [-0.25, -0.2) is 0 Å². The Morgan fingerprint density at radius 3 is 2.65 bits per heavy atom. The average molecular weight is 253 g/mol. The van der Waals surface area contributed by atoms with Gasteiger partial charge >= 0.3 is 0 Å². The van der Waals surface area contributed by atoms with Crippen LogP contribution >= 0.6 is 11.8 Å². The van der Waals surface area contributed by atoms with Crippen molar-refractivity contribution in [1.29, 1.82) is 0 Å². The highest BCUT2D eigenvalue weighted by Crippen LogP contribution is 2.58. The molecule has 1 N–H and O–H groups in total. The van der Waals surface area contributed by atoms with Crippen LogP contribution < -0.4 is 5.32 Å². The molecule has 5 unspecified atom stereocenters. The summed E-state index contributed by atoms with van der Waals surface area (Å²) in [7, 11) is 0. The highest BCUT2D eigenvalue weighted by molar-refractivity contribution is 7.99. The first kappa shape index (κ1) is 12.3. The lowest BCUT2D eigenvalue weighted by Gasteiger charge is -2.34. The third kappa shape index (κ3) is 2.16. The lowest BCUT2D eigenvalue weighted by atomic mass is 9.79. The maximum absolute atomic E-state index is 3.90. The van der Waals surface area contributed by atoms with Gasteiger partial charge in [0, 0.05) is 17.3 Å². The van der Waals surface area contributed by atoms with Crippen LogP contribution in [0.25, 0.3) is 0 Å². The third-order valence-electron chi connectivity index (χ3n) is 5.77. The monoisotopic (exact) mass is 253 g/mol. The zero-order valence-corrected chi connectivity index (χ0v) is 12.4. The van der Waals surface area contributed by atoms with Crippen molar-refractivity contribution in [2.24, 2.45) is 23.7 Å². The van der Waals surface area contributed by atoms with Crippen LogP contribution in [0, 0.1) is 23.7 Å². The fraction of sp³-hybridized carbons (Fsp3) is 1.00. The van der Waals surface area contributed by atoms with E-state index < -0.39 is 0 Å². The Morgan fingerprint density at radius 1 is 1.12 bits per heavy atom. The first-order valence-corrected chi connectivity index (χ1v) is 8.62. The van der Waals surface area contributed by atoms with Crippen LogP contribution in [0.5, 0.6) is 0 Å². The van der Waals surface area contributed by atoms with Crippen LogP contribution in [0.1, 0.15) is 46.0 Å². The summed E-state index contributed by atoms with van der Waals surface area (Å²) in [6, 6.07) is 0.853. The number of rotatable bonds is 4. The normalized spacial score (nSPS) is 44.3. The molecule has 0 heterocycles. The zero-order valence-electron chi connectivity index (χ0n) is 11.5. The molecule has 0 saturated heterocycles. The number of hydrogen-bond donors (Lipinski definition) is 1. The van der Waals surface area contributed by atoms with Gasteiger partial charge in [-0.2, -0.15) is 11.8 Å². The van der Waals surface area contributed by atoms with Gasteiger partial charge in [0.05, 0.1) is 0 Å². The highest BCUT2D eigenvalue weighted by Gasteiger charge is 2.53. The van der Waals surface area contributed by atoms with Crippen molar-refractivity contribution in [2.45, 2.75) is 56.7 Å². The van der Waals surface area contributed by atoms with Gasteiger partial charge in [0.2, 0.25) is 0 Å². The standard InChI is InChI=1S/C15H27NS/c1-15(2,17-3)9-16-14-8-10-7-13(14)12-6-4-5-11(10)12/h10-14,16H,4-9H2,1-3H3. The van der Waals surface area contributed by atoms with Crippen molar-refractivity contribution in [3.05, 3.63) is 0 Å². The minimum Gasteiger partial charge on any atom is -0.312 e. The zero-order chi connectivity index (χ0) is 12.0. The Hall–Kier alpha value is 0.310. The van der Waals surface area contributed by atoms with Gasteiger partial charge in [-0.3, -0.25) is 0 Å². The first-order valence-electron chi connectivity index (χ1n) is 7.39. The van der Waals surface area contributed by atoms with Crippen molar-refractivity contribution < 1.29 is 0 Å². The molecule has 3 aliphatic carbocycles. The topological polar surface area (TPSA) is 12.0 Å². The molecular formula is C15H27NS. The van der Waals surface area contributed by atoms with Crippen molar-refractivity contribution in [2.75, 3.05) is 12.8 Å². The van der Waals surface area contributed by atoms with Crippen LogP contribution in [0.15, 0.2) is 0 Å². The van der Waals surface area contributed by atoms with E-state index in [0.717, 1.165) is 29.7 Å². The molecule has 3 rings (SSSR count).